The molecule has 3 aromatic heterocycles. The summed E-state index contributed by atoms with van der Waals surface area (Å²) in [6, 6.07) is 8.10. The van der Waals surface area contributed by atoms with Gasteiger partial charge in [0.05, 0.1) is 14.2 Å². The normalized spacial score (nSPS) is 11.3. The van der Waals surface area contributed by atoms with E-state index in [0.29, 0.717) is 57.0 Å². The van der Waals surface area contributed by atoms with Gasteiger partial charge in [-0.15, -0.1) is 0 Å². The number of aromatic nitrogens is 3. The van der Waals surface area contributed by atoms with Gasteiger partial charge in [-0.3, -0.25) is 4.79 Å². The van der Waals surface area contributed by atoms with Gasteiger partial charge in [0.25, 0.3) is 5.91 Å². The van der Waals surface area contributed by atoms with Crippen LogP contribution in [0.15, 0.2) is 40.9 Å². The van der Waals surface area contributed by atoms with E-state index < -0.39 is 5.82 Å². The third-order valence-electron chi connectivity index (χ3n) is 6.43. The lowest BCUT2D eigenvalue weighted by Gasteiger charge is -2.12. The highest BCUT2D eigenvalue weighted by molar-refractivity contribution is 6.01. The quantitative estimate of drug-likeness (QED) is 0.294. The third-order valence-corrected chi connectivity index (χ3v) is 6.43. The standard InChI is InChI=1S/C27H27FN6O4/c1-34(2)26(35)22-19(18-9-15(28)5-6-20(18)32-22)11-16-10-17-13(7-14-12-31-27(30)33-25(14)29)8-21(36-3)24(37-4)23(17)38-16/h5-6,8-10,12,32H,7,11H2,1-4H3,(H4,29,30,31,33). The summed E-state index contributed by atoms with van der Waals surface area (Å²) in [4.78, 5) is 25.7. The molecular weight excluding hydrogens is 491 g/mol. The van der Waals surface area contributed by atoms with Gasteiger partial charge >= 0.3 is 0 Å². The number of fused-ring (bicyclic) bond motifs is 2. The van der Waals surface area contributed by atoms with E-state index in [1.807, 2.05) is 12.1 Å². The molecule has 3 heterocycles. The number of aromatic amines is 1. The maximum atomic E-state index is 14.2. The molecule has 196 valence electrons. The fraction of sp³-hybridized carbons (Fsp3) is 0.222. The number of hydrogen-bond acceptors (Lipinski definition) is 8. The number of halogens is 1. The van der Waals surface area contributed by atoms with Crippen molar-refractivity contribution in [3.05, 3.63) is 70.5 Å². The molecular formula is C27H27FN6O4. The van der Waals surface area contributed by atoms with E-state index in [4.69, 9.17) is 25.4 Å². The van der Waals surface area contributed by atoms with E-state index in [0.717, 1.165) is 10.9 Å². The van der Waals surface area contributed by atoms with E-state index in [-0.39, 0.29) is 24.1 Å². The number of hydrogen-bond donors (Lipinski definition) is 3. The molecule has 0 aliphatic heterocycles. The molecule has 0 aliphatic carbocycles. The maximum absolute atomic E-state index is 14.2. The molecule has 0 saturated carbocycles. The van der Waals surface area contributed by atoms with E-state index in [9.17, 15) is 9.18 Å². The molecule has 5 N–H and O–H groups in total. The summed E-state index contributed by atoms with van der Waals surface area (Å²) in [5, 5.41) is 1.37. The van der Waals surface area contributed by atoms with Crippen LogP contribution < -0.4 is 20.9 Å². The molecule has 38 heavy (non-hydrogen) atoms. The minimum atomic E-state index is -0.400. The van der Waals surface area contributed by atoms with Gasteiger partial charge < -0.3 is 35.2 Å². The second kappa shape index (κ2) is 9.58. The first kappa shape index (κ1) is 24.9. The number of methoxy groups -OCH3 is 2. The fourth-order valence-corrected chi connectivity index (χ4v) is 4.60. The number of nitrogens with two attached hydrogens (primary N) is 2. The number of anilines is 2. The summed E-state index contributed by atoms with van der Waals surface area (Å²) >= 11 is 0. The van der Waals surface area contributed by atoms with Crippen molar-refractivity contribution >= 4 is 39.5 Å². The molecule has 0 atom stereocenters. The molecule has 0 bridgehead atoms. The Balaban J connectivity index is 1.66. The van der Waals surface area contributed by atoms with Crippen LogP contribution in [0.5, 0.6) is 11.5 Å². The second-order valence-corrected chi connectivity index (χ2v) is 9.09. The number of ether oxygens (including phenoxy) is 2. The fourth-order valence-electron chi connectivity index (χ4n) is 4.60. The lowest BCUT2D eigenvalue weighted by atomic mass is 10.0. The van der Waals surface area contributed by atoms with Crippen LogP contribution >= 0.6 is 0 Å². The van der Waals surface area contributed by atoms with Gasteiger partial charge in [-0.1, -0.05) is 0 Å². The van der Waals surface area contributed by atoms with Crippen molar-refractivity contribution in [1.82, 2.24) is 19.9 Å². The van der Waals surface area contributed by atoms with E-state index in [2.05, 4.69) is 15.0 Å². The summed E-state index contributed by atoms with van der Waals surface area (Å²) in [7, 11) is 6.39. The van der Waals surface area contributed by atoms with Crippen LogP contribution in [0.2, 0.25) is 0 Å². The van der Waals surface area contributed by atoms with Crippen molar-refractivity contribution < 1.29 is 23.1 Å². The minimum absolute atomic E-state index is 0.0903. The Hall–Kier alpha value is -4.80. The Morgan fingerprint density at radius 2 is 1.87 bits per heavy atom. The first-order chi connectivity index (χ1) is 18.2. The van der Waals surface area contributed by atoms with Crippen molar-refractivity contribution in [3.63, 3.8) is 0 Å². The zero-order valence-electron chi connectivity index (χ0n) is 21.4. The van der Waals surface area contributed by atoms with Crippen LogP contribution in [0.25, 0.3) is 21.9 Å². The number of carbonyl (C=O) groups excluding carboxylic acids is 1. The van der Waals surface area contributed by atoms with Crippen LogP contribution in [0.1, 0.15) is 32.9 Å². The average Bonchev–Trinajstić information content (AvgIpc) is 3.46. The molecule has 0 aliphatic rings. The summed E-state index contributed by atoms with van der Waals surface area (Å²) in [6.45, 7) is 0. The van der Waals surface area contributed by atoms with Crippen LogP contribution in [0, 0.1) is 5.82 Å². The van der Waals surface area contributed by atoms with Crippen LogP contribution in [0.4, 0.5) is 16.2 Å². The van der Waals surface area contributed by atoms with Gasteiger partial charge in [0.1, 0.15) is 23.1 Å². The number of furan rings is 1. The van der Waals surface area contributed by atoms with E-state index >= 15 is 0 Å². The predicted octanol–water partition coefficient (Wildman–Crippen LogP) is 3.91. The van der Waals surface area contributed by atoms with Gasteiger partial charge in [0.15, 0.2) is 11.3 Å². The maximum Gasteiger partial charge on any atom is 0.270 e. The molecule has 0 fully saturated rings. The van der Waals surface area contributed by atoms with Gasteiger partial charge in [0, 0.05) is 55.0 Å². The zero-order chi connectivity index (χ0) is 27.1. The summed E-state index contributed by atoms with van der Waals surface area (Å²) < 4.78 is 31.7. The van der Waals surface area contributed by atoms with Gasteiger partial charge in [0.2, 0.25) is 11.7 Å². The first-order valence-corrected chi connectivity index (χ1v) is 11.7. The molecule has 10 nitrogen and oxygen atoms in total. The zero-order valence-corrected chi connectivity index (χ0v) is 21.4. The Kier molecular flexibility index (Phi) is 6.27. The number of rotatable bonds is 7. The number of nitrogen functional groups attached to an aromatic ring is 2. The lowest BCUT2D eigenvalue weighted by molar-refractivity contribution is 0.0822. The number of amides is 1. The van der Waals surface area contributed by atoms with E-state index in [1.54, 1.807) is 26.4 Å². The Labute approximate surface area is 217 Å². The van der Waals surface area contributed by atoms with Gasteiger partial charge in [-0.2, -0.15) is 4.98 Å². The largest absolute Gasteiger partial charge is 0.493 e. The smallest absolute Gasteiger partial charge is 0.270 e. The highest BCUT2D eigenvalue weighted by atomic mass is 19.1. The number of nitrogens with one attached hydrogen (secondary N) is 1. The van der Waals surface area contributed by atoms with Crippen LogP contribution in [-0.4, -0.2) is 54.1 Å². The lowest BCUT2D eigenvalue weighted by Crippen LogP contribution is -2.23. The Morgan fingerprint density at radius 1 is 1.08 bits per heavy atom. The molecule has 5 rings (SSSR count). The monoisotopic (exact) mass is 518 g/mol. The van der Waals surface area contributed by atoms with Crippen molar-refractivity contribution in [2.24, 2.45) is 0 Å². The minimum Gasteiger partial charge on any atom is -0.493 e. The molecule has 2 aromatic carbocycles. The van der Waals surface area contributed by atoms with Crippen molar-refractivity contribution in [2.45, 2.75) is 12.8 Å². The molecule has 5 aromatic rings. The summed E-state index contributed by atoms with van der Waals surface area (Å²) in [5.74, 6) is 1.18. The summed E-state index contributed by atoms with van der Waals surface area (Å²) in [6.07, 6.45) is 2.19. The number of carbonyl (C=O) groups is 1. The highest BCUT2D eigenvalue weighted by Crippen LogP contribution is 2.41. The second-order valence-electron chi connectivity index (χ2n) is 9.09. The Bertz CT molecular complexity index is 1690. The SMILES string of the molecule is COc1cc(Cc2cnc(N)nc2N)c2cc(Cc3c(C(=O)N(C)C)[nH]c4ccc(F)cc34)oc2c1OC. The first-order valence-electron chi connectivity index (χ1n) is 11.7. The Morgan fingerprint density at radius 3 is 2.55 bits per heavy atom. The van der Waals surface area contributed by atoms with Crippen molar-refractivity contribution in [2.75, 3.05) is 39.8 Å². The topological polar surface area (TPSA) is 146 Å². The predicted molar refractivity (Wildman–Crippen MR) is 142 cm³/mol. The van der Waals surface area contributed by atoms with Crippen LogP contribution in [0.3, 0.4) is 0 Å². The number of H-pyrrole nitrogens is 1. The van der Waals surface area contributed by atoms with E-state index in [1.165, 1.54) is 31.3 Å². The molecule has 1 amide bonds. The number of nitrogens with zero attached hydrogens (tertiary/aromatic N) is 3. The van der Waals surface area contributed by atoms with Crippen LogP contribution in [-0.2, 0) is 12.8 Å². The third kappa shape index (κ3) is 4.32. The molecule has 0 spiro atoms. The molecule has 0 unspecified atom stereocenters. The summed E-state index contributed by atoms with van der Waals surface area (Å²) in [5.41, 5.74) is 15.4. The average molecular weight is 519 g/mol. The molecule has 11 heteroatoms. The van der Waals surface area contributed by atoms with Crippen molar-refractivity contribution in [3.8, 4) is 11.5 Å². The van der Waals surface area contributed by atoms with Gasteiger partial charge in [-0.25, -0.2) is 9.37 Å². The van der Waals surface area contributed by atoms with Crippen molar-refractivity contribution in [1.29, 1.82) is 0 Å². The molecule has 0 saturated heterocycles. The van der Waals surface area contributed by atoms with Gasteiger partial charge in [-0.05, 0) is 41.5 Å². The molecule has 0 radical (unpaired) electrons. The number of benzene rings is 2. The highest BCUT2D eigenvalue weighted by Gasteiger charge is 2.24.